The predicted octanol–water partition coefficient (Wildman–Crippen LogP) is 0.420. The number of hydrogen-bond acceptors (Lipinski definition) is 3. The van der Waals surface area contributed by atoms with E-state index in [4.69, 9.17) is 3.07 Å². The number of rotatable bonds is 4. The van der Waals surface area contributed by atoms with Crippen molar-refractivity contribution in [3.63, 3.8) is 0 Å². The van der Waals surface area contributed by atoms with Gasteiger partial charge in [0.1, 0.15) is 23.0 Å². The lowest BCUT2D eigenvalue weighted by molar-refractivity contribution is 0.0572. The number of β-amino-alcohol motifs (C(OH)–C–C–N with tert-alkyl or cyclic N) is 1. The Morgan fingerprint density at radius 1 is 1.60 bits per heavy atom. The first-order valence-corrected chi connectivity index (χ1v) is 4.35. The van der Waals surface area contributed by atoms with E-state index in [9.17, 15) is 5.11 Å². The van der Waals surface area contributed by atoms with Crippen molar-refractivity contribution in [2.45, 2.75) is 12.5 Å². The fraction of sp³-hybridized carbons (Fsp3) is 1.00. The van der Waals surface area contributed by atoms with Crippen LogP contribution in [0, 0.1) is 0 Å². The van der Waals surface area contributed by atoms with E-state index in [0.717, 1.165) is 19.6 Å². The summed E-state index contributed by atoms with van der Waals surface area (Å²) in [6, 6.07) is 0. The maximum Gasteiger partial charge on any atom is 0.109 e. The molecule has 1 unspecified atom stereocenters. The minimum absolute atomic E-state index is 0.308. The first-order chi connectivity index (χ1) is 4.83. The molecule has 0 spiro atoms. The average Bonchev–Trinajstić information content (AvgIpc) is 1.80. The molecule has 0 saturated carbocycles. The zero-order valence-electron chi connectivity index (χ0n) is 5.79. The number of likely N-dealkylation sites (tertiary alicyclic amines) is 1. The topological polar surface area (TPSA) is 32.7 Å². The monoisotopic (exact) mass is 257 g/mol. The summed E-state index contributed by atoms with van der Waals surface area (Å²) in [5.41, 5.74) is 0. The Balaban J connectivity index is 1.99. The normalized spacial score (nSPS) is 22.2. The molecule has 1 heterocycles. The second kappa shape index (κ2) is 4.48. The molecule has 1 fully saturated rings. The van der Waals surface area contributed by atoms with Crippen LogP contribution in [0.1, 0.15) is 6.42 Å². The Kier molecular flexibility index (Phi) is 3.90. The van der Waals surface area contributed by atoms with Crippen LogP contribution in [0.25, 0.3) is 0 Å². The lowest BCUT2D eigenvalue weighted by Gasteiger charge is -2.32. The van der Waals surface area contributed by atoms with Gasteiger partial charge in [0.05, 0.1) is 12.7 Å². The second-order valence-corrected chi connectivity index (χ2v) is 3.21. The summed E-state index contributed by atoms with van der Waals surface area (Å²) in [5.74, 6) is 0. The van der Waals surface area contributed by atoms with Gasteiger partial charge in [-0.1, -0.05) is 0 Å². The maximum absolute atomic E-state index is 9.21. The third-order valence-electron chi connectivity index (χ3n) is 1.67. The molecule has 4 heteroatoms. The zero-order chi connectivity index (χ0) is 7.40. The van der Waals surface area contributed by atoms with Crippen molar-refractivity contribution in [3.8, 4) is 0 Å². The zero-order valence-corrected chi connectivity index (χ0v) is 7.95. The highest BCUT2D eigenvalue weighted by Gasteiger charge is 2.16. The van der Waals surface area contributed by atoms with Gasteiger partial charge in [0.25, 0.3) is 0 Å². The van der Waals surface area contributed by atoms with Crippen LogP contribution in [-0.2, 0) is 3.07 Å². The van der Waals surface area contributed by atoms with Gasteiger partial charge in [-0.2, -0.15) is 0 Å². The van der Waals surface area contributed by atoms with Gasteiger partial charge in [-0.3, -0.25) is 0 Å². The van der Waals surface area contributed by atoms with Crippen molar-refractivity contribution >= 4 is 23.0 Å². The molecule has 1 aliphatic rings. The second-order valence-electron chi connectivity index (χ2n) is 2.58. The van der Waals surface area contributed by atoms with Crippen molar-refractivity contribution in [2.24, 2.45) is 0 Å². The molecule has 10 heavy (non-hydrogen) atoms. The van der Waals surface area contributed by atoms with E-state index in [1.54, 1.807) is 23.0 Å². The molecule has 0 aromatic heterocycles. The first-order valence-electron chi connectivity index (χ1n) is 3.47. The van der Waals surface area contributed by atoms with E-state index in [-0.39, 0.29) is 6.10 Å². The Hall–Kier alpha value is 0.610. The summed E-state index contributed by atoms with van der Waals surface area (Å²) in [7, 11) is 0. The fourth-order valence-electron chi connectivity index (χ4n) is 0.988. The van der Waals surface area contributed by atoms with Gasteiger partial charge in [-0.05, 0) is 19.5 Å². The van der Waals surface area contributed by atoms with Crippen LogP contribution in [0.3, 0.4) is 0 Å². The highest BCUT2D eigenvalue weighted by molar-refractivity contribution is 14.1. The molecule has 0 aliphatic carbocycles. The van der Waals surface area contributed by atoms with Gasteiger partial charge in [0, 0.05) is 6.54 Å². The third-order valence-corrected chi connectivity index (χ3v) is 2.03. The largest absolute Gasteiger partial charge is 0.389 e. The molecular weight excluding hydrogens is 245 g/mol. The van der Waals surface area contributed by atoms with Crippen LogP contribution >= 0.6 is 23.0 Å². The Labute approximate surface area is 75.0 Å². The highest BCUT2D eigenvalue weighted by Crippen LogP contribution is 2.06. The number of nitrogens with zero attached hydrogens (tertiary/aromatic N) is 1. The average molecular weight is 257 g/mol. The summed E-state index contributed by atoms with van der Waals surface area (Å²) in [4.78, 5) is 2.22. The van der Waals surface area contributed by atoms with Crippen LogP contribution in [0.5, 0.6) is 0 Å². The van der Waals surface area contributed by atoms with Gasteiger partial charge < -0.3 is 13.1 Å². The first kappa shape index (κ1) is 8.70. The van der Waals surface area contributed by atoms with E-state index >= 15 is 0 Å². The van der Waals surface area contributed by atoms with E-state index < -0.39 is 0 Å². The van der Waals surface area contributed by atoms with Gasteiger partial charge >= 0.3 is 0 Å². The molecule has 1 aliphatic heterocycles. The molecule has 0 bridgehead atoms. The molecular formula is C6H12INO2. The summed E-state index contributed by atoms with van der Waals surface area (Å²) in [6.07, 6.45) is 0.967. The number of hydrogen-bond donors (Lipinski definition) is 1. The molecule has 0 aromatic rings. The van der Waals surface area contributed by atoms with Crippen LogP contribution in [0.2, 0.25) is 0 Å². The predicted molar refractivity (Wildman–Crippen MR) is 47.0 cm³/mol. The SMILES string of the molecule is OC(COI)CN1CCC1. The molecule has 1 saturated heterocycles. The Morgan fingerprint density at radius 2 is 2.30 bits per heavy atom. The standard InChI is InChI=1S/C6H12INO2/c7-10-5-6(9)4-8-2-1-3-8/h6,9H,1-5H2. The van der Waals surface area contributed by atoms with Gasteiger partial charge in [0.2, 0.25) is 0 Å². The fourth-order valence-corrected chi connectivity index (χ4v) is 1.40. The van der Waals surface area contributed by atoms with Gasteiger partial charge in [-0.25, -0.2) is 0 Å². The molecule has 1 rings (SSSR count). The van der Waals surface area contributed by atoms with E-state index in [0.29, 0.717) is 6.61 Å². The van der Waals surface area contributed by atoms with Crippen LogP contribution in [0.4, 0.5) is 0 Å². The lowest BCUT2D eigenvalue weighted by Crippen LogP contribution is -2.43. The molecule has 3 nitrogen and oxygen atoms in total. The number of aliphatic hydroxyl groups is 1. The quantitative estimate of drug-likeness (QED) is 0.741. The van der Waals surface area contributed by atoms with Crippen molar-refractivity contribution in [1.82, 2.24) is 4.90 Å². The molecule has 0 amide bonds. The summed E-state index contributed by atoms with van der Waals surface area (Å²) in [6.45, 7) is 3.48. The van der Waals surface area contributed by atoms with E-state index in [2.05, 4.69) is 4.90 Å². The van der Waals surface area contributed by atoms with Crippen molar-refractivity contribution in [2.75, 3.05) is 26.2 Å². The lowest BCUT2D eigenvalue weighted by atomic mass is 10.2. The molecule has 60 valence electrons. The van der Waals surface area contributed by atoms with E-state index in [1.165, 1.54) is 6.42 Å². The van der Waals surface area contributed by atoms with Gasteiger partial charge in [0.15, 0.2) is 0 Å². The minimum atomic E-state index is -0.308. The van der Waals surface area contributed by atoms with Crippen LogP contribution < -0.4 is 0 Å². The molecule has 1 atom stereocenters. The van der Waals surface area contributed by atoms with Crippen LogP contribution in [-0.4, -0.2) is 42.4 Å². The number of halogens is 1. The Morgan fingerprint density at radius 3 is 2.70 bits per heavy atom. The van der Waals surface area contributed by atoms with Crippen LogP contribution in [0.15, 0.2) is 0 Å². The minimum Gasteiger partial charge on any atom is -0.389 e. The van der Waals surface area contributed by atoms with Crippen molar-refractivity contribution < 1.29 is 8.17 Å². The van der Waals surface area contributed by atoms with Crippen molar-refractivity contribution in [1.29, 1.82) is 0 Å². The highest BCUT2D eigenvalue weighted by atomic mass is 127. The Bertz CT molecular complexity index is 97.7. The maximum atomic E-state index is 9.21. The van der Waals surface area contributed by atoms with Gasteiger partial charge in [-0.15, -0.1) is 0 Å². The summed E-state index contributed by atoms with van der Waals surface area (Å²) >= 11 is 1.80. The molecule has 1 N–H and O–H groups in total. The molecule has 0 radical (unpaired) electrons. The smallest absolute Gasteiger partial charge is 0.109 e. The third kappa shape index (κ3) is 2.69. The number of aliphatic hydroxyl groups excluding tert-OH is 1. The van der Waals surface area contributed by atoms with Crippen molar-refractivity contribution in [3.05, 3.63) is 0 Å². The summed E-state index contributed by atoms with van der Waals surface area (Å²) < 4.78 is 4.77. The summed E-state index contributed by atoms with van der Waals surface area (Å²) in [5, 5.41) is 9.21. The van der Waals surface area contributed by atoms with E-state index in [1.807, 2.05) is 0 Å². The molecule has 0 aromatic carbocycles.